The molecule has 2 aromatic carbocycles. The molecule has 1 N–H and O–H groups in total. The van der Waals surface area contributed by atoms with Crippen LogP contribution in [-0.4, -0.2) is 21.1 Å². The summed E-state index contributed by atoms with van der Waals surface area (Å²) in [6.07, 6.45) is 0. The van der Waals surface area contributed by atoms with E-state index in [1.807, 2.05) is 7.05 Å². The largest absolute Gasteiger partial charge is 0.377 e. The second-order valence-electron chi connectivity index (χ2n) is 4.22. The van der Waals surface area contributed by atoms with E-state index < -0.39 is 0 Å². The Bertz CT molecular complexity index is 484. The fourth-order valence-corrected chi connectivity index (χ4v) is 2.11. The summed E-state index contributed by atoms with van der Waals surface area (Å²) < 4.78 is 0. The minimum absolute atomic E-state index is 0.905. The number of nitrogens with zero attached hydrogens (tertiary/aromatic N) is 1. The predicted molar refractivity (Wildman–Crippen MR) is 71.0 cm³/mol. The zero-order chi connectivity index (χ0) is 11.5. The summed E-state index contributed by atoms with van der Waals surface area (Å²) in [6.45, 7) is 0.905. The van der Waals surface area contributed by atoms with Gasteiger partial charge in [0.1, 0.15) is 0 Å². The van der Waals surface area contributed by atoms with E-state index >= 15 is 0 Å². The van der Waals surface area contributed by atoms with E-state index in [4.69, 9.17) is 0 Å². The monoisotopic (exact) mass is 214 g/mol. The van der Waals surface area contributed by atoms with Crippen LogP contribution in [0.15, 0.2) is 36.4 Å². The van der Waals surface area contributed by atoms with Gasteiger partial charge in [0.05, 0.1) is 0 Å². The lowest BCUT2D eigenvalue weighted by Crippen LogP contribution is -2.11. The van der Waals surface area contributed by atoms with E-state index in [9.17, 15) is 0 Å². The van der Waals surface area contributed by atoms with Crippen molar-refractivity contribution in [1.82, 2.24) is 5.32 Å². The highest BCUT2D eigenvalue weighted by atomic mass is 15.1. The summed E-state index contributed by atoms with van der Waals surface area (Å²) in [7, 11) is 6.16. The van der Waals surface area contributed by atoms with E-state index in [2.05, 4.69) is 60.7 Å². The van der Waals surface area contributed by atoms with Crippen molar-refractivity contribution in [2.45, 2.75) is 6.54 Å². The Morgan fingerprint density at radius 3 is 2.38 bits per heavy atom. The molecular weight excluding hydrogens is 196 g/mol. The van der Waals surface area contributed by atoms with Gasteiger partial charge in [-0.15, -0.1) is 0 Å². The first-order chi connectivity index (χ1) is 7.74. The molecule has 84 valence electrons. The van der Waals surface area contributed by atoms with Crippen LogP contribution < -0.4 is 10.2 Å². The molecule has 2 heteroatoms. The summed E-state index contributed by atoms with van der Waals surface area (Å²) >= 11 is 0. The van der Waals surface area contributed by atoms with Crippen LogP contribution in [-0.2, 0) is 6.54 Å². The maximum absolute atomic E-state index is 3.22. The Hall–Kier alpha value is -1.54. The first kappa shape index (κ1) is 11.0. The first-order valence-corrected chi connectivity index (χ1v) is 5.56. The molecule has 0 aliphatic heterocycles. The third-order valence-corrected chi connectivity index (χ3v) is 2.82. The van der Waals surface area contributed by atoms with Crippen molar-refractivity contribution in [2.75, 3.05) is 26.0 Å². The van der Waals surface area contributed by atoms with Crippen LogP contribution in [0.2, 0.25) is 0 Å². The van der Waals surface area contributed by atoms with Crippen LogP contribution in [0.5, 0.6) is 0 Å². The SMILES string of the molecule is CNCc1cccc2cccc(N(C)C)c12. The van der Waals surface area contributed by atoms with Gasteiger partial charge in [-0.3, -0.25) is 0 Å². The van der Waals surface area contributed by atoms with Gasteiger partial charge in [-0.25, -0.2) is 0 Å². The zero-order valence-corrected chi connectivity index (χ0v) is 10.1. The second-order valence-corrected chi connectivity index (χ2v) is 4.22. The highest BCUT2D eigenvalue weighted by molar-refractivity contribution is 5.96. The number of rotatable bonds is 3. The number of nitrogens with one attached hydrogen (secondary N) is 1. The Kier molecular flexibility index (Phi) is 3.11. The van der Waals surface area contributed by atoms with Crippen LogP contribution in [0.25, 0.3) is 10.8 Å². The molecule has 2 aromatic rings. The summed E-state index contributed by atoms with van der Waals surface area (Å²) in [4.78, 5) is 2.17. The van der Waals surface area contributed by atoms with Crippen molar-refractivity contribution < 1.29 is 0 Å². The first-order valence-electron chi connectivity index (χ1n) is 5.56. The zero-order valence-electron chi connectivity index (χ0n) is 10.1. The predicted octanol–water partition coefficient (Wildman–Crippen LogP) is 2.63. The van der Waals surface area contributed by atoms with Gasteiger partial charge in [0.25, 0.3) is 0 Å². The van der Waals surface area contributed by atoms with Crippen LogP contribution in [0.1, 0.15) is 5.56 Å². The number of fused-ring (bicyclic) bond motifs is 1. The molecule has 0 aliphatic rings. The highest BCUT2D eigenvalue weighted by Gasteiger charge is 2.06. The van der Waals surface area contributed by atoms with Gasteiger partial charge >= 0.3 is 0 Å². The minimum atomic E-state index is 0.905. The average molecular weight is 214 g/mol. The number of hydrogen-bond acceptors (Lipinski definition) is 2. The van der Waals surface area contributed by atoms with Gasteiger partial charge in [-0.1, -0.05) is 30.3 Å². The van der Waals surface area contributed by atoms with Crippen molar-refractivity contribution in [3.63, 3.8) is 0 Å². The molecule has 16 heavy (non-hydrogen) atoms. The van der Waals surface area contributed by atoms with E-state index in [0.717, 1.165) is 6.54 Å². The molecule has 0 aliphatic carbocycles. The topological polar surface area (TPSA) is 15.3 Å². The van der Waals surface area contributed by atoms with Crippen molar-refractivity contribution >= 4 is 16.5 Å². The Labute approximate surface area is 96.9 Å². The number of anilines is 1. The Balaban J connectivity index is 2.71. The summed E-state index contributed by atoms with van der Waals surface area (Å²) in [5.41, 5.74) is 2.63. The van der Waals surface area contributed by atoms with Crippen molar-refractivity contribution in [3.8, 4) is 0 Å². The van der Waals surface area contributed by atoms with Gasteiger partial charge in [0.15, 0.2) is 0 Å². The van der Waals surface area contributed by atoms with Crippen molar-refractivity contribution in [3.05, 3.63) is 42.0 Å². The molecule has 0 fully saturated rings. The lowest BCUT2D eigenvalue weighted by atomic mass is 10.0. The Morgan fingerprint density at radius 2 is 1.75 bits per heavy atom. The lowest BCUT2D eigenvalue weighted by molar-refractivity contribution is 0.823. The molecule has 0 heterocycles. The molecule has 0 saturated carbocycles. The summed E-state index contributed by atoms with van der Waals surface area (Å²) in [6, 6.07) is 12.9. The van der Waals surface area contributed by atoms with E-state index in [0.29, 0.717) is 0 Å². The quantitative estimate of drug-likeness (QED) is 0.845. The lowest BCUT2D eigenvalue weighted by Gasteiger charge is -2.17. The Morgan fingerprint density at radius 1 is 1.06 bits per heavy atom. The number of hydrogen-bond donors (Lipinski definition) is 1. The van der Waals surface area contributed by atoms with Crippen LogP contribution in [0.4, 0.5) is 5.69 Å². The molecule has 0 spiro atoms. The normalized spacial score (nSPS) is 10.7. The molecule has 0 unspecified atom stereocenters. The third-order valence-electron chi connectivity index (χ3n) is 2.82. The number of benzene rings is 2. The molecule has 0 saturated heterocycles. The van der Waals surface area contributed by atoms with Gasteiger partial charge < -0.3 is 10.2 Å². The summed E-state index contributed by atoms with van der Waals surface area (Å²) in [5.74, 6) is 0. The third kappa shape index (κ3) is 1.89. The molecule has 0 atom stereocenters. The van der Waals surface area contributed by atoms with Gasteiger partial charge in [-0.2, -0.15) is 0 Å². The van der Waals surface area contributed by atoms with Crippen molar-refractivity contribution in [2.24, 2.45) is 0 Å². The van der Waals surface area contributed by atoms with E-state index in [-0.39, 0.29) is 0 Å². The molecule has 0 bridgehead atoms. The minimum Gasteiger partial charge on any atom is -0.377 e. The van der Waals surface area contributed by atoms with Gasteiger partial charge in [0.2, 0.25) is 0 Å². The van der Waals surface area contributed by atoms with Gasteiger partial charge in [0, 0.05) is 31.7 Å². The fraction of sp³-hybridized carbons (Fsp3) is 0.286. The molecule has 2 rings (SSSR count). The standard InChI is InChI=1S/C14H18N2/c1-15-10-12-8-4-6-11-7-5-9-13(14(11)12)16(2)3/h4-9,15H,10H2,1-3H3. The maximum atomic E-state index is 3.22. The van der Waals surface area contributed by atoms with Crippen LogP contribution in [0, 0.1) is 0 Å². The van der Waals surface area contributed by atoms with Crippen LogP contribution >= 0.6 is 0 Å². The summed E-state index contributed by atoms with van der Waals surface area (Å²) in [5, 5.41) is 5.88. The molecule has 2 nitrogen and oxygen atoms in total. The molecule has 0 aromatic heterocycles. The molecular formula is C14H18N2. The van der Waals surface area contributed by atoms with Gasteiger partial charge in [-0.05, 0) is 24.1 Å². The molecule has 0 radical (unpaired) electrons. The maximum Gasteiger partial charge on any atom is 0.0444 e. The van der Waals surface area contributed by atoms with E-state index in [1.165, 1.54) is 22.0 Å². The smallest absolute Gasteiger partial charge is 0.0444 e. The highest BCUT2D eigenvalue weighted by Crippen LogP contribution is 2.28. The second kappa shape index (κ2) is 4.54. The van der Waals surface area contributed by atoms with Crippen LogP contribution in [0.3, 0.4) is 0 Å². The average Bonchev–Trinajstić information content (AvgIpc) is 2.29. The molecule has 0 amide bonds. The fourth-order valence-electron chi connectivity index (χ4n) is 2.11. The van der Waals surface area contributed by atoms with E-state index in [1.54, 1.807) is 0 Å². The van der Waals surface area contributed by atoms with Crippen molar-refractivity contribution in [1.29, 1.82) is 0 Å².